The fourth-order valence-electron chi connectivity index (χ4n) is 2.45. The van der Waals surface area contributed by atoms with Crippen LogP contribution in [0.2, 0.25) is 0 Å². The molecule has 0 radical (unpaired) electrons. The zero-order valence-electron chi connectivity index (χ0n) is 12.2. The van der Waals surface area contributed by atoms with E-state index < -0.39 is 0 Å². The maximum absolute atomic E-state index is 12.5. The molecular weight excluding hydrogens is 264 g/mol. The molecule has 3 aromatic rings. The van der Waals surface area contributed by atoms with Crippen molar-refractivity contribution >= 4 is 0 Å². The van der Waals surface area contributed by atoms with E-state index in [1.54, 1.807) is 17.2 Å². The van der Waals surface area contributed by atoms with Crippen LogP contribution < -0.4 is 5.56 Å². The third kappa shape index (κ3) is 2.54. The molecule has 108 valence electrons. The first-order chi connectivity index (χ1) is 10.2. The molecule has 0 bridgehead atoms. The number of H-pyrrole nitrogens is 1. The van der Waals surface area contributed by atoms with Crippen LogP contribution in [0.1, 0.15) is 23.7 Å². The molecule has 21 heavy (non-hydrogen) atoms. The number of hydrogen-bond acceptors (Lipinski definition) is 2. The molecule has 1 aromatic carbocycles. The van der Waals surface area contributed by atoms with E-state index in [2.05, 4.69) is 10.1 Å². The number of aromatic amines is 1. The van der Waals surface area contributed by atoms with E-state index in [4.69, 9.17) is 0 Å². The van der Waals surface area contributed by atoms with Gasteiger partial charge >= 0.3 is 0 Å². The van der Waals surface area contributed by atoms with E-state index in [-0.39, 0.29) is 5.56 Å². The smallest absolute Gasteiger partial charge is 0.274 e. The summed E-state index contributed by atoms with van der Waals surface area (Å²) in [5.74, 6) is 0. The molecule has 2 aromatic heterocycles. The van der Waals surface area contributed by atoms with Gasteiger partial charge in [-0.2, -0.15) is 0 Å². The Balaban J connectivity index is 2.04. The average molecular weight is 282 g/mol. The fourth-order valence-corrected chi connectivity index (χ4v) is 2.45. The lowest BCUT2D eigenvalue weighted by atomic mass is 10.2. The standard InChI is InChI=1S/C16H18N4O/c1-3-14-15(10-19-9-8-17-11-19)18-20(16(14)21)13-6-4-12(2)5-7-13/h4-9,11,18H,3,10H2,1-2H3. The summed E-state index contributed by atoms with van der Waals surface area (Å²) >= 11 is 0. The van der Waals surface area contributed by atoms with Crippen molar-refractivity contribution in [3.8, 4) is 5.69 Å². The van der Waals surface area contributed by atoms with Gasteiger partial charge in [0.2, 0.25) is 0 Å². The topological polar surface area (TPSA) is 55.6 Å². The quantitative estimate of drug-likeness (QED) is 0.798. The second kappa shape index (κ2) is 5.44. The predicted octanol–water partition coefficient (Wildman–Crippen LogP) is 2.28. The molecule has 0 unspecified atom stereocenters. The number of rotatable bonds is 4. The van der Waals surface area contributed by atoms with Crippen molar-refractivity contribution in [2.75, 3.05) is 0 Å². The largest absolute Gasteiger partial charge is 0.332 e. The number of benzene rings is 1. The van der Waals surface area contributed by atoms with E-state index in [1.807, 2.05) is 48.9 Å². The summed E-state index contributed by atoms with van der Waals surface area (Å²) in [5, 5.41) is 3.23. The SMILES string of the molecule is CCc1c(Cn2ccnc2)[nH]n(-c2ccc(C)cc2)c1=O. The van der Waals surface area contributed by atoms with E-state index in [1.165, 1.54) is 5.56 Å². The zero-order chi connectivity index (χ0) is 14.8. The Bertz CT molecular complexity index is 779. The van der Waals surface area contributed by atoms with Crippen LogP contribution in [-0.2, 0) is 13.0 Å². The predicted molar refractivity (Wildman–Crippen MR) is 81.8 cm³/mol. The molecule has 5 nitrogen and oxygen atoms in total. The van der Waals surface area contributed by atoms with Gasteiger partial charge in [0.25, 0.3) is 5.56 Å². The molecule has 0 saturated carbocycles. The van der Waals surface area contributed by atoms with Gasteiger partial charge in [-0.25, -0.2) is 9.67 Å². The van der Waals surface area contributed by atoms with Gasteiger partial charge in [-0.05, 0) is 25.5 Å². The summed E-state index contributed by atoms with van der Waals surface area (Å²) in [6.07, 6.45) is 6.08. The van der Waals surface area contributed by atoms with E-state index in [0.29, 0.717) is 13.0 Å². The van der Waals surface area contributed by atoms with Gasteiger partial charge in [0.15, 0.2) is 0 Å². The summed E-state index contributed by atoms with van der Waals surface area (Å²) in [6, 6.07) is 7.91. The van der Waals surface area contributed by atoms with E-state index in [9.17, 15) is 4.79 Å². The molecule has 0 saturated heterocycles. The molecule has 0 fully saturated rings. The molecule has 0 aliphatic rings. The number of aromatic nitrogens is 4. The Morgan fingerprint density at radius 2 is 2.00 bits per heavy atom. The van der Waals surface area contributed by atoms with Crippen LogP contribution >= 0.6 is 0 Å². The second-order valence-corrected chi connectivity index (χ2v) is 5.13. The highest BCUT2D eigenvalue weighted by atomic mass is 16.1. The Labute approximate surface area is 122 Å². The Kier molecular flexibility index (Phi) is 3.48. The van der Waals surface area contributed by atoms with Crippen LogP contribution in [0, 0.1) is 6.92 Å². The van der Waals surface area contributed by atoms with Crippen molar-refractivity contribution in [2.24, 2.45) is 0 Å². The molecule has 0 aliphatic heterocycles. The van der Waals surface area contributed by atoms with Crippen LogP contribution in [0.5, 0.6) is 0 Å². The van der Waals surface area contributed by atoms with Crippen LogP contribution in [0.15, 0.2) is 47.8 Å². The Hall–Kier alpha value is -2.56. The van der Waals surface area contributed by atoms with Crippen LogP contribution in [0.3, 0.4) is 0 Å². The van der Waals surface area contributed by atoms with Gasteiger partial charge in [-0.3, -0.25) is 9.89 Å². The summed E-state index contributed by atoms with van der Waals surface area (Å²) in [6.45, 7) is 4.65. The van der Waals surface area contributed by atoms with Gasteiger partial charge in [0, 0.05) is 18.0 Å². The van der Waals surface area contributed by atoms with Gasteiger partial charge in [0.1, 0.15) is 0 Å². The second-order valence-electron chi connectivity index (χ2n) is 5.13. The first-order valence-electron chi connectivity index (χ1n) is 7.04. The van der Waals surface area contributed by atoms with Crippen molar-refractivity contribution in [1.82, 2.24) is 19.3 Å². The summed E-state index contributed by atoms with van der Waals surface area (Å²) in [5.41, 5.74) is 3.81. The number of imidazole rings is 1. The lowest BCUT2D eigenvalue weighted by Gasteiger charge is -2.03. The number of aryl methyl sites for hydroxylation is 1. The van der Waals surface area contributed by atoms with Crippen molar-refractivity contribution in [1.29, 1.82) is 0 Å². The lowest BCUT2D eigenvalue weighted by molar-refractivity contribution is 0.737. The maximum atomic E-state index is 12.5. The van der Waals surface area contributed by atoms with Gasteiger partial charge in [0.05, 0.1) is 24.3 Å². The number of hydrogen-bond donors (Lipinski definition) is 1. The third-order valence-electron chi connectivity index (χ3n) is 3.62. The summed E-state index contributed by atoms with van der Waals surface area (Å²) in [7, 11) is 0. The molecule has 2 heterocycles. The molecule has 3 rings (SSSR count). The van der Waals surface area contributed by atoms with Crippen molar-refractivity contribution in [3.63, 3.8) is 0 Å². The molecule has 0 aliphatic carbocycles. The highest BCUT2D eigenvalue weighted by Crippen LogP contribution is 2.11. The normalized spacial score (nSPS) is 11.0. The highest BCUT2D eigenvalue weighted by molar-refractivity contribution is 5.35. The monoisotopic (exact) mass is 282 g/mol. The van der Waals surface area contributed by atoms with Crippen molar-refractivity contribution in [2.45, 2.75) is 26.8 Å². The maximum Gasteiger partial charge on any atom is 0.274 e. The molecule has 0 amide bonds. The number of nitrogens with zero attached hydrogens (tertiary/aromatic N) is 3. The van der Waals surface area contributed by atoms with Crippen LogP contribution in [0.25, 0.3) is 5.69 Å². The molecule has 0 spiro atoms. The third-order valence-corrected chi connectivity index (χ3v) is 3.62. The first kappa shape index (κ1) is 13.4. The number of nitrogens with one attached hydrogen (secondary N) is 1. The Morgan fingerprint density at radius 1 is 1.24 bits per heavy atom. The molecule has 0 atom stereocenters. The van der Waals surface area contributed by atoms with Crippen LogP contribution in [0.4, 0.5) is 0 Å². The first-order valence-corrected chi connectivity index (χ1v) is 7.04. The van der Waals surface area contributed by atoms with Crippen LogP contribution in [-0.4, -0.2) is 19.3 Å². The van der Waals surface area contributed by atoms with Gasteiger partial charge < -0.3 is 4.57 Å². The van der Waals surface area contributed by atoms with E-state index >= 15 is 0 Å². The highest BCUT2D eigenvalue weighted by Gasteiger charge is 2.13. The molecular formula is C16H18N4O. The lowest BCUT2D eigenvalue weighted by Crippen LogP contribution is -2.16. The molecule has 5 heteroatoms. The van der Waals surface area contributed by atoms with Gasteiger partial charge in [-0.15, -0.1) is 0 Å². The average Bonchev–Trinajstić information content (AvgIpc) is 3.09. The molecule has 1 N–H and O–H groups in total. The Morgan fingerprint density at radius 3 is 2.62 bits per heavy atom. The minimum Gasteiger partial charge on any atom is -0.332 e. The van der Waals surface area contributed by atoms with Gasteiger partial charge in [-0.1, -0.05) is 24.6 Å². The minimum absolute atomic E-state index is 0.0245. The minimum atomic E-state index is 0.0245. The summed E-state index contributed by atoms with van der Waals surface area (Å²) in [4.78, 5) is 16.6. The van der Waals surface area contributed by atoms with E-state index in [0.717, 1.165) is 16.9 Å². The van der Waals surface area contributed by atoms with Crippen molar-refractivity contribution < 1.29 is 0 Å². The summed E-state index contributed by atoms with van der Waals surface area (Å²) < 4.78 is 3.56. The zero-order valence-corrected chi connectivity index (χ0v) is 12.2. The van der Waals surface area contributed by atoms with Crippen molar-refractivity contribution in [3.05, 3.63) is 70.2 Å². The fraction of sp³-hybridized carbons (Fsp3) is 0.250.